The van der Waals surface area contributed by atoms with Crippen LogP contribution in [-0.4, -0.2) is 17.8 Å². The molecule has 0 aliphatic heterocycles. The summed E-state index contributed by atoms with van der Waals surface area (Å²) in [5.41, 5.74) is 1.94. The second-order valence-corrected chi connectivity index (χ2v) is 5.73. The summed E-state index contributed by atoms with van der Waals surface area (Å²) in [6, 6.07) is 8.36. The summed E-state index contributed by atoms with van der Waals surface area (Å²) in [5.74, 6) is 0. The fourth-order valence-electron chi connectivity index (χ4n) is 3.25. The Morgan fingerprint density at radius 2 is 2.00 bits per heavy atom. The molecule has 0 bridgehead atoms. The van der Waals surface area contributed by atoms with E-state index < -0.39 is 6.10 Å². The van der Waals surface area contributed by atoms with Gasteiger partial charge in [-0.1, -0.05) is 56.9 Å². The van der Waals surface area contributed by atoms with Crippen molar-refractivity contribution in [3.63, 3.8) is 0 Å². The molecule has 1 aromatic carbocycles. The van der Waals surface area contributed by atoms with Gasteiger partial charge in [0.1, 0.15) is 6.10 Å². The van der Waals surface area contributed by atoms with Crippen LogP contribution in [0.5, 0.6) is 0 Å². The van der Waals surface area contributed by atoms with Crippen molar-refractivity contribution in [2.75, 3.05) is 7.11 Å². The van der Waals surface area contributed by atoms with E-state index >= 15 is 0 Å². The molecule has 1 fully saturated rings. The van der Waals surface area contributed by atoms with Gasteiger partial charge < -0.3 is 9.84 Å². The Morgan fingerprint density at radius 1 is 1.26 bits per heavy atom. The first-order chi connectivity index (χ1) is 9.22. The second-order valence-electron chi connectivity index (χ2n) is 5.73. The van der Waals surface area contributed by atoms with Crippen LogP contribution < -0.4 is 0 Å². The van der Waals surface area contributed by atoms with E-state index in [-0.39, 0.29) is 5.60 Å². The standard InChI is InChI=1S/C17H26O2/c1-3-8-14-9-7-10-15(13-14)16(18)17(19-2)11-5-4-6-12-17/h7,9-10,13,16,18H,3-6,8,11-12H2,1-2H3. The Kier molecular flexibility index (Phi) is 5.00. The Bertz CT molecular complexity index is 394. The number of ether oxygens (including phenoxy) is 1. The summed E-state index contributed by atoms with van der Waals surface area (Å²) in [4.78, 5) is 0. The number of benzene rings is 1. The van der Waals surface area contributed by atoms with Crippen LogP contribution in [0.2, 0.25) is 0 Å². The zero-order chi connectivity index (χ0) is 13.7. The highest BCUT2D eigenvalue weighted by Crippen LogP contribution is 2.41. The van der Waals surface area contributed by atoms with Crippen LogP contribution in [0.15, 0.2) is 24.3 Å². The van der Waals surface area contributed by atoms with Crippen LogP contribution in [0.1, 0.15) is 62.7 Å². The van der Waals surface area contributed by atoms with E-state index in [0.717, 1.165) is 44.1 Å². The second kappa shape index (κ2) is 6.53. The van der Waals surface area contributed by atoms with Crippen molar-refractivity contribution in [1.29, 1.82) is 0 Å². The molecule has 1 aromatic rings. The lowest BCUT2D eigenvalue weighted by molar-refractivity contribution is -0.125. The van der Waals surface area contributed by atoms with Crippen LogP contribution in [0, 0.1) is 0 Å². The highest BCUT2D eigenvalue weighted by Gasteiger charge is 2.39. The predicted octanol–water partition coefficient (Wildman–Crippen LogP) is 4.02. The highest BCUT2D eigenvalue weighted by molar-refractivity contribution is 5.27. The van der Waals surface area contributed by atoms with Gasteiger partial charge in [0.05, 0.1) is 5.60 Å². The third-order valence-electron chi connectivity index (χ3n) is 4.41. The molecule has 1 atom stereocenters. The molecule has 0 spiro atoms. The topological polar surface area (TPSA) is 29.5 Å². The van der Waals surface area contributed by atoms with Gasteiger partial charge in [-0.15, -0.1) is 0 Å². The first-order valence-corrected chi connectivity index (χ1v) is 7.54. The molecule has 2 heteroatoms. The van der Waals surface area contributed by atoms with Crippen LogP contribution in [0.25, 0.3) is 0 Å². The number of hydrogen-bond acceptors (Lipinski definition) is 2. The van der Waals surface area contributed by atoms with E-state index in [4.69, 9.17) is 4.74 Å². The summed E-state index contributed by atoms with van der Waals surface area (Å²) < 4.78 is 5.74. The molecular formula is C17H26O2. The first kappa shape index (κ1) is 14.5. The maximum atomic E-state index is 10.8. The lowest BCUT2D eigenvalue weighted by Crippen LogP contribution is -2.40. The maximum absolute atomic E-state index is 10.8. The van der Waals surface area contributed by atoms with Crippen LogP contribution in [0.3, 0.4) is 0 Å². The largest absolute Gasteiger partial charge is 0.385 e. The van der Waals surface area contributed by atoms with Crippen molar-refractivity contribution in [1.82, 2.24) is 0 Å². The molecule has 0 aromatic heterocycles. The fraction of sp³-hybridized carbons (Fsp3) is 0.647. The average molecular weight is 262 g/mol. The Hall–Kier alpha value is -0.860. The van der Waals surface area contributed by atoms with E-state index in [9.17, 15) is 5.11 Å². The van der Waals surface area contributed by atoms with Gasteiger partial charge in [-0.3, -0.25) is 0 Å². The summed E-state index contributed by atoms with van der Waals surface area (Å²) in [5, 5.41) is 10.8. The number of methoxy groups -OCH3 is 1. The Balaban J connectivity index is 2.21. The number of rotatable bonds is 5. The van der Waals surface area contributed by atoms with E-state index in [0.29, 0.717) is 0 Å². The van der Waals surface area contributed by atoms with Crippen molar-refractivity contribution < 1.29 is 9.84 Å². The molecule has 2 rings (SSSR count). The lowest BCUT2D eigenvalue weighted by atomic mass is 9.78. The van der Waals surface area contributed by atoms with E-state index in [2.05, 4.69) is 25.1 Å². The van der Waals surface area contributed by atoms with Crippen LogP contribution >= 0.6 is 0 Å². The van der Waals surface area contributed by atoms with Gasteiger partial charge in [-0.05, 0) is 30.4 Å². The minimum atomic E-state index is -0.505. The Morgan fingerprint density at radius 3 is 2.63 bits per heavy atom. The zero-order valence-electron chi connectivity index (χ0n) is 12.2. The molecule has 1 unspecified atom stereocenters. The zero-order valence-corrected chi connectivity index (χ0v) is 12.2. The first-order valence-electron chi connectivity index (χ1n) is 7.54. The van der Waals surface area contributed by atoms with Crippen molar-refractivity contribution in [3.8, 4) is 0 Å². The quantitative estimate of drug-likeness (QED) is 0.868. The van der Waals surface area contributed by atoms with Crippen LogP contribution in [0.4, 0.5) is 0 Å². The third kappa shape index (κ3) is 3.18. The molecule has 0 heterocycles. The van der Waals surface area contributed by atoms with Gasteiger partial charge in [0.2, 0.25) is 0 Å². The molecule has 1 aliphatic carbocycles. The summed E-state index contributed by atoms with van der Waals surface area (Å²) >= 11 is 0. The summed E-state index contributed by atoms with van der Waals surface area (Å²) in [7, 11) is 1.74. The molecule has 106 valence electrons. The molecule has 19 heavy (non-hydrogen) atoms. The van der Waals surface area contributed by atoms with Gasteiger partial charge in [0, 0.05) is 7.11 Å². The molecule has 0 saturated heterocycles. The van der Waals surface area contributed by atoms with Gasteiger partial charge in [-0.2, -0.15) is 0 Å². The molecule has 0 amide bonds. The van der Waals surface area contributed by atoms with Gasteiger partial charge >= 0.3 is 0 Å². The van der Waals surface area contributed by atoms with Crippen molar-refractivity contribution in [2.45, 2.75) is 63.6 Å². The van der Waals surface area contributed by atoms with E-state index in [1.54, 1.807) is 7.11 Å². The molecule has 1 N–H and O–H groups in total. The lowest BCUT2D eigenvalue weighted by Gasteiger charge is -2.40. The van der Waals surface area contributed by atoms with Crippen LogP contribution in [-0.2, 0) is 11.2 Å². The van der Waals surface area contributed by atoms with E-state index in [1.165, 1.54) is 12.0 Å². The number of aliphatic hydroxyl groups is 1. The summed E-state index contributed by atoms with van der Waals surface area (Å²) in [6.45, 7) is 2.18. The molecule has 0 radical (unpaired) electrons. The number of aliphatic hydroxyl groups excluding tert-OH is 1. The normalized spacial score (nSPS) is 20.2. The van der Waals surface area contributed by atoms with Gasteiger partial charge in [-0.25, -0.2) is 0 Å². The highest BCUT2D eigenvalue weighted by atomic mass is 16.5. The van der Waals surface area contributed by atoms with Crippen molar-refractivity contribution in [3.05, 3.63) is 35.4 Å². The van der Waals surface area contributed by atoms with Gasteiger partial charge in [0.15, 0.2) is 0 Å². The number of aryl methyl sites for hydroxylation is 1. The van der Waals surface area contributed by atoms with Crippen molar-refractivity contribution in [2.24, 2.45) is 0 Å². The predicted molar refractivity (Wildman–Crippen MR) is 78.2 cm³/mol. The molecule has 1 saturated carbocycles. The minimum Gasteiger partial charge on any atom is -0.385 e. The maximum Gasteiger partial charge on any atom is 0.108 e. The molecular weight excluding hydrogens is 236 g/mol. The molecule has 2 nitrogen and oxygen atoms in total. The molecule has 1 aliphatic rings. The minimum absolute atomic E-state index is 0.372. The monoisotopic (exact) mass is 262 g/mol. The number of hydrogen-bond donors (Lipinski definition) is 1. The fourth-order valence-corrected chi connectivity index (χ4v) is 3.25. The summed E-state index contributed by atoms with van der Waals surface area (Å²) in [6.07, 6.45) is 7.18. The Labute approximate surface area is 116 Å². The third-order valence-corrected chi connectivity index (χ3v) is 4.41. The van der Waals surface area contributed by atoms with Gasteiger partial charge in [0.25, 0.3) is 0 Å². The van der Waals surface area contributed by atoms with Crippen molar-refractivity contribution >= 4 is 0 Å². The SMILES string of the molecule is CCCc1cccc(C(O)C2(OC)CCCCC2)c1. The van der Waals surface area contributed by atoms with E-state index in [1.807, 2.05) is 6.07 Å². The average Bonchev–Trinajstić information content (AvgIpc) is 2.48. The smallest absolute Gasteiger partial charge is 0.108 e.